The minimum atomic E-state index is -0.497. The first kappa shape index (κ1) is 21.8. The fourth-order valence-electron chi connectivity index (χ4n) is 3.58. The Labute approximate surface area is 190 Å². The molecule has 164 valence electrons. The molecule has 1 aromatic heterocycles. The number of carbonyl (C=O) groups is 1. The predicted octanol–water partition coefficient (Wildman–Crippen LogP) is 4.77. The van der Waals surface area contributed by atoms with Gasteiger partial charge in [-0.25, -0.2) is 0 Å². The molecular weight excluding hydrogens is 426 g/mol. The maximum Gasteiger partial charge on any atom is 0.271 e. The highest BCUT2D eigenvalue weighted by Gasteiger charge is 2.12. The van der Waals surface area contributed by atoms with E-state index in [-0.39, 0.29) is 17.3 Å². The van der Waals surface area contributed by atoms with Crippen molar-refractivity contribution in [1.29, 1.82) is 0 Å². The molecule has 0 atom stereocenters. The molecule has 0 aliphatic carbocycles. The highest BCUT2D eigenvalue weighted by Crippen LogP contribution is 2.25. The van der Waals surface area contributed by atoms with Crippen molar-refractivity contribution < 1.29 is 9.72 Å². The van der Waals surface area contributed by atoms with Gasteiger partial charge in [-0.2, -0.15) is 0 Å². The Morgan fingerprint density at radius 1 is 1.03 bits per heavy atom. The van der Waals surface area contributed by atoms with Crippen LogP contribution in [0.1, 0.15) is 19.3 Å². The minimum Gasteiger partial charge on any atom is -0.372 e. The van der Waals surface area contributed by atoms with Gasteiger partial charge in [0.25, 0.3) is 5.69 Å². The first-order chi connectivity index (χ1) is 15.6. The number of hydrogen-bond acceptors (Lipinski definition) is 7. The summed E-state index contributed by atoms with van der Waals surface area (Å²) in [5.74, 6) is -0.143. The number of anilines is 2. The van der Waals surface area contributed by atoms with Gasteiger partial charge in [0.2, 0.25) is 5.91 Å². The van der Waals surface area contributed by atoms with Crippen LogP contribution < -0.4 is 10.2 Å². The molecule has 2 heterocycles. The molecule has 0 radical (unpaired) electrons. The third kappa shape index (κ3) is 5.61. The Bertz CT molecular complexity index is 1080. The predicted molar refractivity (Wildman–Crippen MR) is 126 cm³/mol. The minimum absolute atomic E-state index is 0.0686. The average molecular weight is 450 g/mol. The van der Waals surface area contributed by atoms with Crippen molar-refractivity contribution >= 4 is 34.7 Å². The van der Waals surface area contributed by atoms with Crippen molar-refractivity contribution in [2.75, 3.05) is 29.1 Å². The second-order valence-electron chi connectivity index (χ2n) is 7.50. The quantitative estimate of drug-likeness (QED) is 0.315. The van der Waals surface area contributed by atoms with Crippen molar-refractivity contribution in [2.24, 2.45) is 0 Å². The molecule has 3 aromatic rings. The molecule has 1 saturated heterocycles. The van der Waals surface area contributed by atoms with Gasteiger partial charge in [0.15, 0.2) is 0 Å². The number of nitro benzene ring substituents is 1. The third-order valence-electron chi connectivity index (χ3n) is 5.22. The zero-order chi connectivity index (χ0) is 22.3. The monoisotopic (exact) mass is 449 g/mol. The van der Waals surface area contributed by atoms with Crippen LogP contribution in [0, 0.1) is 10.1 Å². The van der Waals surface area contributed by atoms with Gasteiger partial charge in [0.1, 0.15) is 5.03 Å². The van der Waals surface area contributed by atoms with E-state index in [0.29, 0.717) is 10.7 Å². The topological polar surface area (TPSA) is 101 Å². The number of nitro groups is 1. The van der Waals surface area contributed by atoms with Crippen molar-refractivity contribution in [2.45, 2.75) is 24.3 Å². The molecule has 1 aliphatic heterocycles. The van der Waals surface area contributed by atoms with Crippen molar-refractivity contribution in [3.8, 4) is 11.3 Å². The zero-order valence-corrected chi connectivity index (χ0v) is 18.3. The van der Waals surface area contributed by atoms with Gasteiger partial charge in [-0.15, -0.1) is 10.2 Å². The van der Waals surface area contributed by atoms with Gasteiger partial charge in [0, 0.05) is 42.2 Å². The Morgan fingerprint density at radius 2 is 1.81 bits per heavy atom. The Morgan fingerprint density at radius 3 is 2.50 bits per heavy atom. The molecular formula is C23H23N5O3S. The van der Waals surface area contributed by atoms with Crippen LogP contribution in [0.15, 0.2) is 65.7 Å². The van der Waals surface area contributed by atoms with Gasteiger partial charge in [-0.3, -0.25) is 14.9 Å². The lowest BCUT2D eigenvalue weighted by molar-refractivity contribution is -0.384. The number of carbonyl (C=O) groups excluding carboxylic acids is 1. The number of hydrogen-bond donors (Lipinski definition) is 1. The van der Waals surface area contributed by atoms with Gasteiger partial charge in [-0.05, 0) is 49.6 Å². The number of amides is 1. The maximum atomic E-state index is 12.2. The molecule has 1 aliphatic rings. The van der Waals surface area contributed by atoms with Crippen LogP contribution in [0.3, 0.4) is 0 Å². The summed E-state index contributed by atoms with van der Waals surface area (Å²) in [6, 6.07) is 18.0. The van der Waals surface area contributed by atoms with Crippen LogP contribution in [-0.2, 0) is 4.79 Å². The summed E-state index contributed by atoms with van der Waals surface area (Å²) in [5, 5.41) is 22.6. The first-order valence-corrected chi connectivity index (χ1v) is 11.4. The Balaban J connectivity index is 1.31. The molecule has 0 saturated carbocycles. The number of thioether (sulfide) groups is 1. The maximum absolute atomic E-state index is 12.2. The van der Waals surface area contributed by atoms with Crippen molar-refractivity contribution in [1.82, 2.24) is 10.2 Å². The van der Waals surface area contributed by atoms with E-state index in [1.165, 1.54) is 54.9 Å². The first-order valence-electron chi connectivity index (χ1n) is 10.4. The number of aromatic nitrogens is 2. The number of piperidine rings is 1. The van der Waals surface area contributed by atoms with Crippen LogP contribution in [0.5, 0.6) is 0 Å². The molecule has 0 bridgehead atoms. The summed E-state index contributed by atoms with van der Waals surface area (Å²) < 4.78 is 0. The molecule has 1 N–H and O–H groups in total. The SMILES string of the molecule is O=C(CSc1ccc(-c2ccc(N3CCCCC3)cc2)nn1)Nc1cccc([N+](=O)[O-])c1. The summed E-state index contributed by atoms with van der Waals surface area (Å²) in [4.78, 5) is 24.9. The van der Waals surface area contributed by atoms with Crippen LogP contribution in [-0.4, -0.2) is 39.9 Å². The summed E-state index contributed by atoms with van der Waals surface area (Å²) in [5.41, 5.74) is 3.34. The van der Waals surface area contributed by atoms with Gasteiger partial charge in [-0.1, -0.05) is 30.0 Å². The summed E-state index contributed by atoms with van der Waals surface area (Å²) in [6.07, 6.45) is 3.80. The smallest absolute Gasteiger partial charge is 0.271 e. The molecule has 1 fully saturated rings. The number of non-ortho nitro benzene ring substituents is 1. The molecule has 0 spiro atoms. The number of rotatable bonds is 7. The fourth-order valence-corrected chi connectivity index (χ4v) is 4.19. The van der Waals surface area contributed by atoms with Gasteiger partial charge < -0.3 is 10.2 Å². The molecule has 32 heavy (non-hydrogen) atoms. The number of nitrogens with zero attached hydrogens (tertiary/aromatic N) is 4. The summed E-state index contributed by atoms with van der Waals surface area (Å²) >= 11 is 1.26. The van der Waals surface area contributed by atoms with Crippen LogP contribution in [0.25, 0.3) is 11.3 Å². The van der Waals surface area contributed by atoms with Gasteiger partial charge >= 0.3 is 0 Å². The lowest BCUT2D eigenvalue weighted by Crippen LogP contribution is -2.29. The second kappa shape index (κ2) is 10.2. The van der Waals surface area contributed by atoms with E-state index >= 15 is 0 Å². The zero-order valence-electron chi connectivity index (χ0n) is 17.4. The lowest BCUT2D eigenvalue weighted by Gasteiger charge is -2.28. The third-order valence-corrected chi connectivity index (χ3v) is 6.14. The lowest BCUT2D eigenvalue weighted by atomic mass is 10.1. The van der Waals surface area contributed by atoms with Crippen molar-refractivity contribution in [3.05, 3.63) is 70.8 Å². The Kier molecular flexibility index (Phi) is 6.96. The molecule has 9 heteroatoms. The highest BCUT2D eigenvalue weighted by molar-refractivity contribution is 7.99. The van der Waals surface area contributed by atoms with E-state index < -0.39 is 4.92 Å². The van der Waals surface area contributed by atoms with E-state index in [2.05, 4.69) is 44.7 Å². The van der Waals surface area contributed by atoms with E-state index in [9.17, 15) is 14.9 Å². The highest BCUT2D eigenvalue weighted by atomic mass is 32.2. The van der Waals surface area contributed by atoms with Crippen LogP contribution >= 0.6 is 11.8 Å². The average Bonchev–Trinajstić information content (AvgIpc) is 2.84. The molecule has 2 aromatic carbocycles. The summed E-state index contributed by atoms with van der Waals surface area (Å²) in [6.45, 7) is 2.22. The van der Waals surface area contributed by atoms with Crippen LogP contribution in [0.4, 0.5) is 17.1 Å². The number of benzene rings is 2. The molecule has 4 rings (SSSR count). The van der Waals surface area contributed by atoms with Gasteiger partial charge in [0.05, 0.1) is 16.4 Å². The van der Waals surface area contributed by atoms with Crippen LogP contribution in [0.2, 0.25) is 0 Å². The van der Waals surface area contributed by atoms with E-state index in [1.807, 2.05) is 12.1 Å². The van der Waals surface area contributed by atoms with Crippen molar-refractivity contribution in [3.63, 3.8) is 0 Å². The van der Waals surface area contributed by atoms with E-state index in [4.69, 9.17) is 0 Å². The normalized spacial score (nSPS) is 13.6. The molecule has 1 amide bonds. The second-order valence-corrected chi connectivity index (χ2v) is 8.49. The largest absolute Gasteiger partial charge is 0.372 e. The Hall–Kier alpha value is -3.46. The number of nitrogens with one attached hydrogen (secondary N) is 1. The summed E-state index contributed by atoms with van der Waals surface area (Å²) in [7, 11) is 0. The van der Waals surface area contributed by atoms with E-state index in [0.717, 1.165) is 24.3 Å². The molecule has 0 unspecified atom stereocenters. The molecule has 8 nitrogen and oxygen atoms in total. The van der Waals surface area contributed by atoms with E-state index in [1.54, 1.807) is 6.07 Å². The standard InChI is InChI=1S/C23H23N5O3S/c29-22(24-18-5-4-6-20(15-18)28(30)31)16-32-23-12-11-21(25-26-23)17-7-9-19(10-8-17)27-13-2-1-3-14-27/h4-12,15H,1-3,13-14,16H2,(H,24,29). The fraction of sp³-hybridized carbons (Fsp3) is 0.261.